The van der Waals surface area contributed by atoms with Gasteiger partial charge in [0.2, 0.25) is 0 Å². The van der Waals surface area contributed by atoms with Gasteiger partial charge in [-0.05, 0) is 30.5 Å². The number of nitrogens with zero attached hydrogens (tertiary/aromatic N) is 2. The van der Waals surface area contributed by atoms with E-state index in [-0.39, 0.29) is 11.9 Å². The fourth-order valence-electron chi connectivity index (χ4n) is 2.63. The molecule has 1 atom stereocenters. The van der Waals surface area contributed by atoms with Crippen molar-refractivity contribution in [3.63, 3.8) is 0 Å². The van der Waals surface area contributed by atoms with Gasteiger partial charge in [-0.1, -0.05) is 36.4 Å². The van der Waals surface area contributed by atoms with Gasteiger partial charge in [0.15, 0.2) is 5.82 Å². The fraction of sp³-hybridized carbons (Fsp3) is 0.235. The second kappa shape index (κ2) is 5.66. The molecule has 2 aromatic carbocycles. The molecule has 2 N–H and O–H groups in total. The van der Waals surface area contributed by atoms with Crippen LogP contribution in [0.1, 0.15) is 23.9 Å². The normalized spacial score (nSPS) is 12.7. The summed E-state index contributed by atoms with van der Waals surface area (Å²) in [5, 5.41) is 0. The van der Waals surface area contributed by atoms with Gasteiger partial charge in [0, 0.05) is 7.05 Å². The maximum Gasteiger partial charge on any atom is 0.151 e. The Morgan fingerprint density at radius 1 is 1.14 bits per heavy atom. The molecule has 108 valence electrons. The molecule has 21 heavy (non-hydrogen) atoms. The standard InChI is InChI=1S/C17H18FN3/c1-21-15-9-5-8-13(18)16(15)20-17(21)14(19)11-10-12-6-3-2-4-7-12/h2-9,14H,10-11,19H2,1H3. The highest BCUT2D eigenvalue weighted by atomic mass is 19.1. The van der Waals surface area contributed by atoms with Gasteiger partial charge in [0.25, 0.3) is 0 Å². The first kappa shape index (κ1) is 13.8. The van der Waals surface area contributed by atoms with E-state index < -0.39 is 0 Å². The Balaban J connectivity index is 1.83. The minimum absolute atomic E-state index is 0.206. The summed E-state index contributed by atoms with van der Waals surface area (Å²) in [5.41, 5.74) is 8.67. The molecule has 0 radical (unpaired) electrons. The van der Waals surface area contributed by atoms with Gasteiger partial charge in [-0.15, -0.1) is 0 Å². The van der Waals surface area contributed by atoms with Crippen molar-refractivity contribution in [2.75, 3.05) is 0 Å². The van der Waals surface area contributed by atoms with Crippen LogP contribution in [0, 0.1) is 5.82 Å². The van der Waals surface area contributed by atoms with Crippen LogP contribution in [-0.2, 0) is 13.5 Å². The summed E-state index contributed by atoms with van der Waals surface area (Å²) in [6.45, 7) is 0. The Morgan fingerprint density at radius 3 is 2.62 bits per heavy atom. The molecular formula is C17H18FN3. The SMILES string of the molecule is Cn1c(C(N)CCc2ccccc2)nc2c(F)cccc21. The van der Waals surface area contributed by atoms with Crippen LogP contribution in [0.5, 0.6) is 0 Å². The average Bonchev–Trinajstić information content (AvgIpc) is 2.85. The molecule has 0 aliphatic heterocycles. The van der Waals surface area contributed by atoms with E-state index in [4.69, 9.17) is 5.73 Å². The van der Waals surface area contributed by atoms with Gasteiger partial charge in [0.05, 0.1) is 11.6 Å². The van der Waals surface area contributed by atoms with E-state index in [9.17, 15) is 4.39 Å². The lowest BCUT2D eigenvalue weighted by Gasteiger charge is -2.11. The quantitative estimate of drug-likeness (QED) is 0.798. The number of rotatable bonds is 4. The molecule has 0 spiro atoms. The lowest BCUT2D eigenvalue weighted by atomic mass is 10.1. The van der Waals surface area contributed by atoms with Gasteiger partial charge < -0.3 is 10.3 Å². The highest BCUT2D eigenvalue weighted by Gasteiger charge is 2.16. The first-order valence-electron chi connectivity index (χ1n) is 7.07. The molecule has 3 rings (SSSR count). The molecule has 0 saturated carbocycles. The molecule has 0 aliphatic carbocycles. The number of para-hydroxylation sites is 1. The summed E-state index contributed by atoms with van der Waals surface area (Å²) in [5.74, 6) is 0.427. The number of hydrogen-bond acceptors (Lipinski definition) is 2. The first-order chi connectivity index (χ1) is 10.2. The lowest BCUT2D eigenvalue weighted by molar-refractivity contribution is 0.591. The third-order valence-electron chi connectivity index (χ3n) is 3.82. The van der Waals surface area contributed by atoms with Crippen molar-refractivity contribution in [1.29, 1.82) is 0 Å². The molecule has 1 unspecified atom stereocenters. The second-order valence-corrected chi connectivity index (χ2v) is 5.27. The number of imidazole rings is 1. The van der Waals surface area contributed by atoms with E-state index in [1.807, 2.05) is 35.9 Å². The van der Waals surface area contributed by atoms with E-state index in [1.54, 1.807) is 6.07 Å². The van der Waals surface area contributed by atoms with E-state index in [2.05, 4.69) is 17.1 Å². The molecule has 4 heteroatoms. The molecule has 1 aromatic heterocycles. The van der Waals surface area contributed by atoms with Crippen LogP contribution in [0.3, 0.4) is 0 Å². The van der Waals surface area contributed by atoms with Crippen LogP contribution in [0.15, 0.2) is 48.5 Å². The van der Waals surface area contributed by atoms with Crippen molar-refractivity contribution < 1.29 is 4.39 Å². The van der Waals surface area contributed by atoms with Crippen LogP contribution < -0.4 is 5.73 Å². The molecule has 3 nitrogen and oxygen atoms in total. The Labute approximate surface area is 123 Å². The molecule has 3 aromatic rings. The number of nitrogens with two attached hydrogens (primary N) is 1. The van der Waals surface area contributed by atoms with Crippen LogP contribution in [0.2, 0.25) is 0 Å². The maximum absolute atomic E-state index is 13.8. The van der Waals surface area contributed by atoms with Crippen LogP contribution in [0.25, 0.3) is 11.0 Å². The topological polar surface area (TPSA) is 43.8 Å². The predicted molar refractivity (Wildman–Crippen MR) is 82.4 cm³/mol. The zero-order valence-corrected chi connectivity index (χ0v) is 12.0. The summed E-state index contributed by atoms with van der Waals surface area (Å²) in [6, 6.07) is 15.0. The number of aryl methyl sites for hydroxylation is 2. The van der Waals surface area contributed by atoms with E-state index in [0.29, 0.717) is 5.52 Å². The largest absolute Gasteiger partial charge is 0.330 e. The predicted octanol–water partition coefficient (Wildman–Crippen LogP) is 3.35. The molecule has 1 heterocycles. The minimum atomic E-state index is -0.301. The first-order valence-corrected chi connectivity index (χ1v) is 7.07. The van der Waals surface area contributed by atoms with Crippen molar-refractivity contribution in [3.8, 4) is 0 Å². The van der Waals surface area contributed by atoms with Crippen molar-refractivity contribution in [1.82, 2.24) is 9.55 Å². The van der Waals surface area contributed by atoms with Gasteiger partial charge in [-0.3, -0.25) is 0 Å². The van der Waals surface area contributed by atoms with E-state index in [1.165, 1.54) is 11.6 Å². The molecular weight excluding hydrogens is 265 g/mol. The number of fused-ring (bicyclic) bond motifs is 1. The number of aromatic nitrogens is 2. The summed E-state index contributed by atoms with van der Waals surface area (Å²) in [4.78, 5) is 4.39. The van der Waals surface area contributed by atoms with Crippen LogP contribution in [-0.4, -0.2) is 9.55 Å². The second-order valence-electron chi connectivity index (χ2n) is 5.27. The Bertz CT molecular complexity index is 749. The minimum Gasteiger partial charge on any atom is -0.330 e. The maximum atomic E-state index is 13.8. The van der Waals surface area contributed by atoms with Crippen molar-refractivity contribution in [2.24, 2.45) is 12.8 Å². The highest BCUT2D eigenvalue weighted by molar-refractivity contribution is 5.76. The fourth-order valence-corrected chi connectivity index (χ4v) is 2.63. The molecule has 0 bridgehead atoms. The van der Waals surface area contributed by atoms with Gasteiger partial charge >= 0.3 is 0 Å². The molecule has 0 amide bonds. The van der Waals surface area contributed by atoms with Crippen LogP contribution in [0.4, 0.5) is 4.39 Å². The Morgan fingerprint density at radius 2 is 1.90 bits per heavy atom. The lowest BCUT2D eigenvalue weighted by Crippen LogP contribution is -2.16. The summed E-state index contributed by atoms with van der Waals surface area (Å²) in [7, 11) is 1.88. The third-order valence-corrected chi connectivity index (χ3v) is 3.82. The molecule has 0 fully saturated rings. The van der Waals surface area contributed by atoms with Crippen molar-refractivity contribution in [2.45, 2.75) is 18.9 Å². The number of benzene rings is 2. The summed E-state index contributed by atoms with van der Waals surface area (Å²) >= 11 is 0. The smallest absolute Gasteiger partial charge is 0.151 e. The Kier molecular flexibility index (Phi) is 3.71. The van der Waals surface area contributed by atoms with Gasteiger partial charge in [-0.25, -0.2) is 9.37 Å². The summed E-state index contributed by atoms with van der Waals surface area (Å²) < 4.78 is 15.7. The number of halogens is 1. The molecule has 0 aliphatic rings. The Hall–Kier alpha value is -2.20. The summed E-state index contributed by atoms with van der Waals surface area (Å²) in [6.07, 6.45) is 1.66. The molecule has 0 saturated heterocycles. The third kappa shape index (κ3) is 2.67. The number of hydrogen-bond donors (Lipinski definition) is 1. The van der Waals surface area contributed by atoms with E-state index >= 15 is 0 Å². The van der Waals surface area contributed by atoms with E-state index in [0.717, 1.165) is 24.2 Å². The average molecular weight is 283 g/mol. The monoisotopic (exact) mass is 283 g/mol. The van der Waals surface area contributed by atoms with Crippen molar-refractivity contribution in [3.05, 3.63) is 65.7 Å². The van der Waals surface area contributed by atoms with Crippen LogP contribution >= 0.6 is 0 Å². The van der Waals surface area contributed by atoms with Crippen molar-refractivity contribution >= 4 is 11.0 Å². The van der Waals surface area contributed by atoms with Gasteiger partial charge in [-0.2, -0.15) is 0 Å². The zero-order chi connectivity index (χ0) is 14.8. The highest BCUT2D eigenvalue weighted by Crippen LogP contribution is 2.23. The van der Waals surface area contributed by atoms with Gasteiger partial charge in [0.1, 0.15) is 11.3 Å². The zero-order valence-electron chi connectivity index (χ0n) is 12.0.